The third kappa shape index (κ3) is 8.68. The Morgan fingerprint density at radius 3 is 2.18 bits per heavy atom. The van der Waals surface area contributed by atoms with Crippen molar-refractivity contribution in [3.8, 4) is 5.75 Å². The highest BCUT2D eigenvalue weighted by Gasteiger charge is 2.39. The van der Waals surface area contributed by atoms with E-state index in [1.807, 2.05) is 6.07 Å². The van der Waals surface area contributed by atoms with Gasteiger partial charge in [-0.25, -0.2) is 13.6 Å². The van der Waals surface area contributed by atoms with E-state index in [0.29, 0.717) is 12.1 Å². The molecule has 0 radical (unpaired) electrons. The standard InChI is InChI=1S/C36H38F2N4O8/c1-36(2,3)50-35(47)42-19-27(28(20-42)41-34(46)23-8-9-24-17-39-18-25(24)16-23)40-33(45)22-6-4-21(5-7-22)32(44)30-29(11-10-26(37)31(30)38)49-15-14-48-13-12-43/h4-11,16-17,27-28,43H,12-15,18-20H2,1-3H3,(H,40,45)(H,41,46)/t27-,28-/m1/s1. The molecule has 1 saturated heterocycles. The predicted molar refractivity (Wildman–Crippen MR) is 178 cm³/mol. The van der Waals surface area contributed by atoms with E-state index in [4.69, 9.17) is 19.3 Å². The molecule has 3 aromatic carbocycles. The average Bonchev–Trinajstić information content (AvgIpc) is 3.72. The summed E-state index contributed by atoms with van der Waals surface area (Å²) in [6.45, 7) is 5.63. The van der Waals surface area contributed by atoms with Crippen molar-refractivity contribution < 1.29 is 47.3 Å². The molecule has 0 bridgehead atoms. The molecule has 3 N–H and O–H groups in total. The minimum atomic E-state index is -1.39. The zero-order chi connectivity index (χ0) is 36.0. The summed E-state index contributed by atoms with van der Waals surface area (Å²) < 4.78 is 45.1. The van der Waals surface area contributed by atoms with E-state index in [1.54, 1.807) is 39.1 Å². The molecule has 2 heterocycles. The zero-order valence-electron chi connectivity index (χ0n) is 27.8. The van der Waals surface area contributed by atoms with E-state index in [1.165, 1.54) is 29.2 Å². The van der Waals surface area contributed by atoms with Gasteiger partial charge in [0.05, 0.1) is 38.4 Å². The molecule has 0 aromatic heterocycles. The molecule has 12 nitrogen and oxygen atoms in total. The Bertz CT molecular complexity index is 1790. The van der Waals surface area contributed by atoms with Crippen molar-refractivity contribution in [2.24, 2.45) is 4.99 Å². The van der Waals surface area contributed by atoms with Crippen molar-refractivity contribution in [2.75, 3.05) is 39.5 Å². The number of aliphatic imine (C=N–C) groups is 1. The summed E-state index contributed by atoms with van der Waals surface area (Å²) in [7, 11) is 0. The highest BCUT2D eigenvalue weighted by molar-refractivity contribution is 6.11. The maximum Gasteiger partial charge on any atom is 0.410 e. The van der Waals surface area contributed by atoms with Gasteiger partial charge in [0.2, 0.25) is 0 Å². The average molecular weight is 693 g/mol. The minimum absolute atomic E-state index is 0.0331. The minimum Gasteiger partial charge on any atom is -0.490 e. The van der Waals surface area contributed by atoms with Gasteiger partial charge in [0.1, 0.15) is 23.5 Å². The maximum atomic E-state index is 14.9. The van der Waals surface area contributed by atoms with Crippen molar-refractivity contribution in [3.05, 3.63) is 99.6 Å². The van der Waals surface area contributed by atoms with Crippen LogP contribution >= 0.6 is 0 Å². The summed E-state index contributed by atoms with van der Waals surface area (Å²) in [5.41, 5.74) is 0.984. The topological polar surface area (TPSA) is 156 Å². The molecule has 3 aromatic rings. The Hall–Kier alpha value is -5.21. The number of likely N-dealkylation sites (tertiary alicyclic amines) is 1. The van der Waals surface area contributed by atoms with Crippen LogP contribution in [0.5, 0.6) is 5.75 Å². The lowest BCUT2D eigenvalue weighted by molar-refractivity contribution is 0.0286. The van der Waals surface area contributed by atoms with E-state index in [2.05, 4.69) is 15.6 Å². The highest BCUT2D eigenvalue weighted by Crippen LogP contribution is 2.27. The second-order valence-electron chi connectivity index (χ2n) is 12.8. The lowest BCUT2D eigenvalue weighted by Crippen LogP contribution is -2.51. The number of ether oxygens (including phenoxy) is 3. The number of carbonyl (C=O) groups excluding carboxylic acids is 4. The molecule has 2 aliphatic heterocycles. The second kappa shape index (κ2) is 15.6. The highest BCUT2D eigenvalue weighted by atomic mass is 19.2. The first-order valence-electron chi connectivity index (χ1n) is 16.0. The van der Waals surface area contributed by atoms with Crippen LogP contribution in [0, 0.1) is 11.6 Å². The molecule has 2 aliphatic rings. The molecular formula is C36H38F2N4O8. The zero-order valence-corrected chi connectivity index (χ0v) is 27.8. The summed E-state index contributed by atoms with van der Waals surface area (Å²) in [4.78, 5) is 58.6. The number of rotatable bonds is 12. The van der Waals surface area contributed by atoms with E-state index in [-0.39, 0.29) is 62.3 Å². The Kier molecular flexibility index (Phi) is 11.2. The quantitative estimate of drug-likeness (QED) is 0.192. The van der Waals surface area contributed by atoms with Crippen LogP contribution in [0.3, 0.4) is 0 Å². The van der Waals surface area contributed by atoms with Crippen LogP contribution in [0.2, 0.25) is 0 Å². The van der Waals surface area contributed by atoms with Gasteiger partial charge in [-0.3, -0.25) is 19.4 Å². The smallest absolute Gasteiger partial charge is 0.410 e. The number of amides is 3. The SMILES string of the molecule is CC(C)(C)OC(=O)N1C[C@@H](NC(=O)c2ccc(C(=O)c3c(OCCOCCO)ccc(F)c3F)cc2)[C@H](NC(=O)c2ccc3c(c2)CN=C3)C1. The van der Waals surface area contributed by atoms with Crippen molar-refractivity contribution in [1.82, 2.24) is 15.5 Å². The van der Waals surface area contributed by atoms with Crippen LogP contribution in [-0.4, -0.2) is 97.1 Å². The van der Waals surface area contributed by atoms with Gasteiger partial charge in [-0.1, -0.05) is 18.2 Å². The first-order chi connectivity index (χ1) is 23.8. The first kappa shape index (κ1) is 36.1. The molecule has 3 amide bonds. The van der Waals surface area contributed by atoms with Gasteiger partial charge in [0.15, 0.2) is 17.4 Å². The van der Waals surface area contributed by atoms with Crippen LogP contribution in [0.4, 0.5) is 13.6 Å². The van der Waals surface area contributed by atoms with Crippen molar-refractivity contribution in [3.63, 3.8) is 0 Å². The first-order valence-corrected chi connectivity index (χ1v) is 16.0. The van der Waals surface area contributed by atoms with E-state index < -0.39 is 52.7 Å². The number of carbonyl (C=O) groups is 4. The fraction of sp³-hybridized carbons (Fsp3) is 0.361. The largest absolute Gasteiger partial charge is 0.490 e. The van der Waals surface area contributed by atoms with Crippen LogP contribution < -0.4 is 15.4 Å². The number of halogens is 2. The Labute approximate surface area is 287 Å². The molecule has 14 heteroatoms. The summed E-state index contributed by atoms with van der Waals surface area (Å²) in [6.07, 6.45) is 1.14. The van der Waals surface area contributed by atoms with E-state index >= 15 is 0 Å². The maximum absolute atomic E-state index is 14.9. The molecule has 0 saturated carbocycles. The molecule has 1 fully saturated rings. The normalized spacial score (nSPS) is 16.6. The Balaban J connectivity index is 1.29. The van der Waals surface area contributed by atoms with Gasteiger partial charge in [-0.05, 0) is 68.3 Å². The summed E-state index contributed by atoms with van der Waals surface area (Å²) >= 11 is 0. The number of benzene rings is 3. The molecule has 50 heavy (non-hydrogen) atoms. The molecule has 264 valence electrons. The number of nitrogens with zero attached hydrogens (tertiary/aromatic N) is 2. The molecule has 0 unspecified atom stereocenters. The monoisotopic (exact) mass is 692 g/mol. The molecule has 0 spiro atoms. The van der Waals surface area contributed by atoms with E-state index in [0.717, 1.165) is 23.3 Å². The Morgan fingerprint density at radius 2 is 1.52 bits per heavy atom. The lowest BCUT2D eigenvalue weighted by atomic mass is 10.00. The van der Waals surface area contributed by atoms with Gasteiger partial charge in [0, 0.05) is 36.0 Å². The van der Waals surface area contributed by atoms with Crippen molar-refractivity contribution in [1.29, 1.82) is 0 Å². The summed E-state index contributed by atoms with van der Waals surface area (Å²) in [6, 6.07) is 11.1. The van der Waals surface area contributed by atoms with Gasteiger partial charge in [0.25, 0.3) is 11.8 Å². The number of nitrogens with one attached hydrogen (secondary N) is 2. The van der Waals surface area contributed by atoms with E-state index in [9.17, 15) is 28.0 Å². The van der Waals surface area contributed by atoms with Crippen LogP contribution in [0.25, 0.3) is 0 Å². The van der Waals surface area contributed by atoms with Crippen LogP contribution in [0.15, 0.2) is 59.6 Å². The van der Waals surface area contributed by atoms with Gasteiger partial charge >= 0.3 is 6.09 Å². The van der Waals surface area contributed by atoms with Crippen molar-refractivity contribution >= 4 is 29.9 Å². The molecule has 5 rings (SSSR count). The number of fused-ring (bicyclic) bond motifs is 1. The van der Waals surface area contributed by atoms with Crippen LogP contribution in [0.1, 0.15) is 68.5 Å². The second-order valence-corrected chi connectivity index (χ2v) is 12.8. The fourth-order valence-electron chi connectivity index (χ4n) is 5.49. The number of ketones is 1. The van der Waals surface area contributed by atoms with Gasteiger partial charge in [-0.2, -0.15) is 0 Å². The fourth-order valence-corrected chi connectivity index (χ4v) is 5.49. The third-order valence-corrected chi connectivity index (χ3v) is 7.92. The number of aliphatic hydroxyl groups is 1. The van der Waals surface area contributed by atoms with Gasteiger partial charge in [-0.15, -0.1) is 0 Å². The van der Waals surface area contributed by atoms with Gasteiger partial charge < -0.3 is 34.9 Å². The molecule has 2 atom stereocenters. The number of aliphatic hydroxyl groups excluding tert-OH is 1. The molecule has 0 aliphatic carbocycles. The van der Waals surface area contributed by atoms with Crippen LogP contribution in [-0.2, 0) is 16.0 Å². The third-order valence-electron chi connectivity index (χ3n) is 7.92. The number of hydrogen-bond donors (Lipinski definition) is 3. The lowest BCUT2D eigenvalue weighted by Gasteiger charge is -2.24. The predicted octanol–water partition coefficient (Wildman–Crippen LogP) is 3.66. The Morgan fingerprint density at radius 1 is 0.880 bits per heavy atom. The number of hydrogen-bond acceptors (Lipinski definition) is 9. The summed E-state index contributed by atoms with van der Waals surface area (Å²) in [5.74, 6) is -4.63. The summed E-state index contributed by atoms with van der Waals surface area (Å²) in [5, 5.41) is 14.6. The van der Waals surface area contributed by atoms with Crippen molar-refractivity contribution in [2.45, 2.75) is 45.0 Å². The molecular weight excluding hydrogens is 654 g/mol.